The Kier molecular flexibility index (Phi) is 17.5. The van der Waals surface area contributed by atoms with Crippen LogP contribution in [0.25, 0.3) is 0 Å². The van der Waals surface area contributed by atoms with Gasteiger partial charge in [-0.05, 0) is 49.1 Å². The minimum Gasteiger partial charge on any atom is -0.384 e. The molecule has 137 valence electrons. The lowest BCUT2D eigenvalue weighted by atomic mass is 10.2. The van der Waals surface area contributed by atoms with Crippen LogP contribution in [-0.4, -0.2) is 43.5 Å². The maximum atomic E-state index is 4.67. The van der Waals surface area contributed by atoms with Crippen molar-refractivity contribution in [2.45, 2.75) is 85.2 Å². The molecule has 1 radical (unpaired) electrons. The van der Waals surface area contributed by atoms with Crippen molar-refractivity contribution in [1.82, 2.24) is 0 Å². The molecule has 1 atom stereocenters. The van der Waals surface area contributed by atoms with Crippen molar-refractivity contribution in [3.05, 3.63) is 0 Å². The molecule has 0 heterocycles. The van der Waals surface area contributed by atoms with Gasteiger partial charge in [0.05, 0.1) is 0 Å². The van der Waals surface area contributed by atoms with Crippen molar-refractivity contribution in [2.75, 3.05) is 38.4 Å². The molecule has 22 heavy (non-hydrogen) atoms. The summed E-state index contributed by atoms with van der Waals surface area (Å²) < 4.78 is 4.67. The summed E-state index contributed by atoms with van der Waals surface area (Å²) in [5.41, 5.74) is 0. The molecule has 0 aliphatic carbocycles. The Bertz CT molecular complexity index is 200. The molecule has 0 amide bonds. The maximum Gasteiger partial charge on any atom is 0.0496 e. The lowest BCUT2D eigenvalue weighted by molar-refractivity contribution is 0.218. The minimum absolute atomic E-state index is 0.576. The fourth-order valence-electron chi connectivity index (χ4n) is 2.84. The number of unbranched alkanes of at least 4 members (excludes halogenated alkanes) is 3. The molecule has 0 N–H and O–H groups in total. The third-order valence-electron chi connectivity index (χ3n) is 4.56. The third-order valence-corrected chi connectivity index (χ3v) is 11.2. The Morgan fingerprint density at radius 3 is 1.32 bits per heavy atom. The molecular weight excluding hydrogens is 306 g/mol. The van der Waals surface area contributed by atoms with Gasteiger partial charge in [-0.1, -0.05) is 60.8 Å². The number of rotatable bonds is 11. The molecule has 1 nitrogen and oxygen atoms in total. The average molecular weight is 352 g/mol. The first-order valence-electron chi connectivity index (χ1n) is 9.40. The standard InChI is InChI=1S/C16H36P.C3H9OP/c1-7-10-13-17(14-11-8-2,15-12-9-3)16(4,5)6;1-4-2-3-5/h7-15H2,1-6H3;2-3,5H2,1H3. The van der Waals surface area contributed by atoms with Crippen LogP contribution in [0.5, 0.6) is 0 Å². The Hall–Kier alpha value is 0.820. The van der Waals surface area contributed by atoms with Gasteiger partial charge < -0.3 is 4.74 Å². The van der Waals surface area contributed by atoms with E-state index in [4.69, 9.17) is 0 Å². The van der Waals surface area contributed by atoms with E-state index in [9.17, 15) is 0 Å². The Morgan fingerprint density at radius 2 is 1.18 bits per heavy atom. The second-order valence-electron chi connectivity index (χ2n) is 7.33. The van der Waals surface area contributed by atoms with Gasteiger partial charge in [-0.25, -0.2) is 0 Å². The van der Waals surface area contributed by atoms with Crippen molar-refractivity contribution in [1.29, 1.82) is 0 Å². The van der Waals surface area contributed by atoms with Gasteiger partial charge in [0.15, 0.2) is 0 Å². The van der Waals surface area contributed by atoms with Crippen LogP contribution < -0.4 is 0 Å². The first kappa shape index (κ1) is 25.1. The van der Waals surface area contributed by atoms with E-state index >= 15 is 0 Å². The first-order chi connectivity index (χ1) is 10.3. The molecule has 0 aliphatic rings. The van der Waals surface area contributed by atoms with Gasteiger partial charge in [-0.15, -0.1) is 16.5 Å². The van der Waals surface area contributed by atoms with Crippen LogP contribution in [0.2, 0.25) is 0 Å². The molecule has 0 aromatic carbocycles. The third kappa shape index (κ3) is 11.4. The summed E-state index contributed by atoms with van der Waals surface area (Å²) in [6, 6.07) is 0. The molecule has 0 fully saturated rings. The smallest absolute Gasteiger partial charge is 0.0496 e. The summed E-state index contributed by atoms with van der Waals surface area (Å²) >= 11 is 0. The Labute approximate surface area is 145 Å². The largest absolute Gasteiger partial charge is 0.384 e. The summed E-state index contributed by atoms with van der Waals surface area (Å²) in [5.74, 6) is 0. The highest BCUT2D eigenvalue weighted by molar-refractivity contribution is 7.77. The number of hydrogen-bond acceptors (Lipinski definition) is 1. The zero-order valence-electron chi connectivity index (χ0n) is 16.7. The maximum absolute atomic E-state index is 4.67. The normalized spacial score (nSPS) is 12.0. The van der Waals surface area contributed by atoms with Crippen LogP contribution in [0.4, 0.5) is 0 Å². The zero-order valence-corrected chi connectivity index (χ0v) is 18.8. The molecule has 0 spiro atoms. The van der Waals surface area contributed by atoms with Crippen LogP contribution in [0, 0.1) is 0 Å². The Balaban J connectivity index is 0. The van der Waals surface area contributed by atoms with E-state index < -0.39 is 7.26 Å². The van der Waals surface area contributed by atoms with E-state index in [-0.39, 0.29) is 0 Å². The molecule has 0 bridgehead atoms. The van der Waals surface area contributed by atoms with Gasteiger partial charge in [-0.2, -0.15) is 0 Å². The quantitative estimate of drug-likeness (QED) is 0.376. The summed E-state index contributed by atoms with van der Waals surface area (Å²) in [6.45, 7) is 15.4. The molecule has 0 aromatic rings. The van der Waals surface area contributed by atoms with E-state index in [1.807, 2.05) is 0 Å². The molecule has 0 aliphatic heterocycles. The van der Waals surface area contributed by atoms with Crippen LogP contribution in [0.1, 0.15) is 80.1 Å². The number of methoxy groups -OCH3 is 1. The average Bonchev–Trinajstić information content (AvgIpc) is 2.47. The molecule has 3 heteroatoms. The van der Waals surface area contributed by atoms with Crippen molar-refractivity contribution in [2.24, 2.45) is 0 Å². The number of hydrogen-bond donors (Lipinski definition) is 0. The topological polar surface area (TPSA) is 9.23 Å². The molecule has 0 saturated carbocycles. The lowest BCUT2D eigenvalue weighted by Gasteiger charge is -2.48. The van der Waals surface area contributed by atoms with Crippen LogP contribution in [0.15, 0.2) is 0 Å². The highest BCUT2D eigenvalue weighted by Gasteiger charge is 2.37. The van der Waals surface area contributed by atoms with E-state index in [0.29, 0.717) is 5.16 Å². The van der Waals surface area contributed by atoms with Crippen LogP contribution in [0.3, 0.4) is 0 Å². The predicted molar refractivity (Wildman–Crippen MR) is 112 cm³/mol. The van der Waals surface area contributed by atoms with E-state index in [0.717, 1.165) is 12.8 Å². The van der Waals surface area contributed by atoms with Crippen LogP contribution >= 0.6 is 16.5 Å². The lowest BCUT2D eigenvalue weighted by Crippen LogP contribution is -2.27. The fraction of sp³-hybridized carbons (Fsp3) is 1.00. The van der Waals surface area contributed by atoms with E-state index in [1.165, 1.54) is 38.5 Å². The second kappa shape index (κ2) is 15.4. The summed E-state index contributed by atoms with van der Waals surface area (Å²) in [5, 5.41) is 0.576. The minimum atomic E-state index is -0.730. The molecule has 0 saturated heterocycles. The van der Waals surface area contributed by atoms with E-state index in [2.05, 4.69) is 55.5 Å². The Morgan fingerprint density at radius 1 is 0.818 bits per heavy atom. The second-order valence-corrected chi connectivity index (χ2v) is 12.9. The number of ether oxygens (including phenoxy) is 1. The summed E-state index contributed by atoms with van der Waals surface area (Å²) in [7, 11) is 3.54. The van der Waals surface area contributed by atoms with Crippen molar-refractivity contribution in [3.8, 4) is 0 Å². The zero-order chi connectivity index (χ0) is 17.5. The first-order valence-corrected chi connectivity index (χ1v) is 12.6. The predicted octanol–water partition coefficient (Wildman–Crippen LogP) is 6.71. The van der Waals surface area contributed by atoms with Gasteiger partial charge in [0.25, 0.3) is 0 Å². The summed E-state index contributed by atoms with van der Waals surface area (Å²) in [4.78, 5) is 0. The van der Waals surface area contributed by atoms with Gasteiger partial charge in [-0.3, -0.25) is 0 Å². The van der Waals surface area contributed by atoms with Gasteiger partial charge in [0.1, 0.15) is 0 Å². The SMILES string of the molecule is CCCC[P](CCCC)(CCCC)C(C)(C)C.COCCP. The molecular formula is C19H45OP2. The highest BCUT2D eigenvalue weighted by Crippen LogP contribution is 2.69. The molecule has 0 rings (SSSR count). The van der Waals surface area contributed by atoms with Crippen LogP contribution in [-0.2, 0) is 4.74 Å². The van der Waals surface area contributed by atoms with Gasteiger partial charge in [0.2, 0.25) is 0 Å². The summed E-state index contributed by atoms with van der Waals surface area (Å²) in [6.07, 6.45) is 14.2. The monoisotopic (exact) mass is 351 g/mol. The van der Waals surface area contributed by atoms with E-state index in [1.54, 1.807) is 25.6 Å². The fourth-order valence-corrected chi connectivity index (χ4v) is 8.53. The van der Waals surface area contributed by atoms with Crippen molar-refractivity contribution < 1.29 is 4.74 Å². The van der Waals surface area contributed by atoms with Gasteiger partial charge in [0, 0.05) is 13.7 Å². The molecule has 1 unspecified atom stereocenters. The van der Waals surface area contributed by atoms with Gasteiger partial charge >= 0.3 is 0 Å². The van der Waals surface area contributed by atoms with Crippen molar-refractivity contribution >= 4 is 16.5 Å². The molecule has 0 aromatic heterocycles. The van der Waals surface area contributed by atoms with Crippen molar-refractivity contribution in [3.63, 3.8) is 0 Å². The highest BCUT2D eigenvalue weighted by atomic mass is 31.2.